The zero-order valence-corrected chi connectivity index (χ0v) is 19.0. The van der Waals surface area contributed by atoms with Crippen LogP contribution in [0.5, 0.6) is 0 Å². The Balaban J connectivity index is 1.63. The van der Waals surface area contributed by atoms with E-state index in [-0.39, 0.29) is 23.4 Å². The number of aromatic nitrogens is 4. The SMILES string of the molecule is CCCCCn1nc(C(=O)OCc2cc(=O)n3cc(Br)ccc3n2)c2ccccc2c1=O. The zero-order chi connectivity index (χ0) is 22.7. The van der Waals surface area contributed by atoms with Gasteiger partial charge in [-0.25, -0.2) is 14.5 Å². The van der Waals surface area contributed by atoms with Crippen LogP contribution in [0.25, 0.3) is 16.4 Å². The summed E-state index contributed by atoms with van der Waals surface area (Å²) in [4.78, 5) is 42.4. The average Bonchev–Trinajstić information content (AvgIpc) is 2.79. The fourth-order valence-corrected chi connectivity index (χ4v) is 3.79. The predicted octanol–water partition coefficient (Wildman–Crippen LogP) is 3.71. The number of nitrogens with zero attached hydrogens (tertiary/aromatic N) is 4. The minimum absolute atomic E-state index is 0.0677. The number of ether oxygens (including phenoxy) is 1. The standard InChI is InChI=1S/C23H21BrN4O4/c1-2-3-6-11-28-22(30)18-8-5-4-7-17(18)21(26-28)23(31)32-14-16-12-20(29)27-13-15(24)9-10-19(27)25-16/h4-5,7-10,12-13H,2-3,6,11,14H2,1H3. The van der Waals surface area contributed by atoms with E-state index in [1.165, 1.54) is 15.1 Å². The topological polar surface area (TPSA) is 95.6 Å². The van der Waals surface area contributed by atoms with Crippen molar-refractivity contribution in [3.8, 4) is 0 Å². The second-order valence-corrected chi connectivity index (χ2v) is 8.28. The number of fused-ring (bicyclic) bond motifs is 2. The summed E-state index contributed by atoms with van der Waals surface area (Å²) in [6, 6.07) is 11.6. The van der Waals surface area contributed by atoms with Gasteiger partial charge in [-0.2, -0.15) is 5.10 Å². The smallest absolute Gasteiger partial charge is 0.359 e. The van der Waals surface area contributed by atoms with E-state index in [1.54, 1.807) is 42.6 Å². The van der Waals surface area contributed by atoms with Crippen LogP contribution in [0.3, 0.4) is 0 Å². The number of unbranched alkanes of at least 4 members (excludes halogenated alkanes) is 2. The molecule has 0 aliphatic carbocycles. The van der Waals surface area contributed by atoms with Crippen LogP contribution in [0.15, 0.2) is 62.7 Å². The molecule has 9 heteroatoms. The fourth-order valence-electron chi connectivity index (χ4n) is 3.46. The number of carbonyl (C=O) groups is 1. The van der Waals surface area contributed by atoms with E-state index in [9.17, 15) is 14.4 Å². The molecule has 0 amide bonds. The number of esters is 1. The van der Waals surface area contributed by atoms with E-state index in [4.69, 9.17) is 4.74 Å². The van der Waals surface area contributed by atoms with Crippen LogP contribution in [0, 0.1) is 0 Å². The van der Waals surface area contributed by atoms with E-state index in [0.717, 1.165) is 23.7 Å². The number of hydrogen-bond acceptors (Lipinski definition) is 6. The molecule has 32 heavy (non-hydrogen) atoms. The van der Waals surface area contributed by atoms with Crippen molar-refractivity contribution in [3.63, 3.8) is 0 Å². The summed E-state index contributed by atoms with van der Waals surface area (Å²) in [6.45, 7) is 2.31. The highest BCUT2D eigenvalue weighted by Crippen LogP contribution is 2.16. The van der Waals surface area contributed by atoms with Crippen LogP contribution in [0.4, 0.5) is 0 Å². The molecule has 0 spiro atoms. The lowest BCUT2D eigenvalue weighted by atomic mass is 10.1. The maximum Gasteiger partial charge on any atom is 0.359 e. The van der Waals surface area contributed by atoms with Gasteiger partial charge in [0.05, 0.1) is 11.1 Å². The largest absolute Gasteiger partial charge is 0.454 e. The van der Waals surface area contributed by atoms with Gasteiger partial charge in [-0.3, -0.25) is 14.0 Å². The highest BCUT2D eigenvalue weighted by molar-refractivity contribution is 9.10. The number of benzene rings is 1. The summed E-state index contributed by atoms with van der Waals surface area (Å²) in [6.07, 6.45) is 4.38. The second kappa shape index (κ2) is 9.44. The third-order valence-electron chi connectivity index (χ3n) is 5.06. The monoisotopic (exact) mass is 496 g/mol. The summed E-state index contributed by atoms with van der Waals surface area (Å²) in [5.41, 5.74) is 0.322. The minimum atomic E-state index is -0.678. The Hall–Kier alpha value is -3.33. The summed E-state index contributed by atoms with van der Waals surface area (Å²) in [5, 5.41) is 5.15. The molecular formula is C23H21BrN4O4. The van der Waals surface area contributed by atoms with Gasteiger partial charge in [0, 0.05) is 28.7 Å². The van der Waals surface area contributed by atoms with Gasteiger partial charge in [0.2, 0.25) is 0 Å². The Kier molecular flexibility index (Phi) is 6.45. The van der Waals surface area contributed by atoms with Crippen molar-refractivity contribution >= 4 is 38.3 Å². The van der Waals surface area contributed by atoms with Crippen molar-refractivity contribution in [2.24, 2.45) is 0 Å². The second-order valence-electron chi connectivity index (χ2n) is 7.37. The highest BCUT2D eigenvalue weighted by atomic mass is 79.9. The lowest BCUT2D eigenvalue weighted by Gasteiger charge is -2.11. The van der Waals surface area contributed by atoms with Gasteiger partial charge in [0.1, 0.15) is 12.3 Å². The molecule has 4 aromatic rings. The normalized spacial score (nSPS) is 11.2. The first kappa shape index (κ1) is 21.9. The number of pyridine rings is 1. The van der Waals surface area contributed by atoms with E-state index in [2.05, 4.69) is 32.9 Å². The van der Waals surface area contributed by atoms with Gasteiger partial charge in [-0.15, -0.1) is 0 Å². The van der Waals surface area contributed by atoms with Gasteiger partial charge in [0.15, 0.2) is 5.69 Å². The predicted molar refractivity (Wildman–Crippen MR) is 124 cm³/mol. The molecule has 0 radical (unpaired) electrons. The van der Waals surface area contributed by atoms with Crippen molar-refractivity contribution in [2.45, 2.75) is 39.3 Å². The molecule has 164 valence electrons. The molecule has 0 unspecified atom stereocenters. The van der Waals surface area contributed by atoms with Crippen molar-refractivity contribution in [1.29, 1.82) is 0 Å². The Morgan fingerprint density at radius 3 is 2.66 bits per heavy atom. The third-order valence-corrected chi connectivity index (χ3v) is 5.53. The van der Waals surface area contributed by atoms with E-state index < -0.39 is 5.97 Å². The molecule has 0 bridgehead atoms. The molecule has 0 saturated heterocycles. The molecular weight excluding hydrogens is 476 g/mol. The van der Waals surface area contributed by atoms with Gasteiger partial charge in [-0.1, -0.05) is 38.0 Å². The summed E-state index contributed by atoms with van der Waals surface area (Å²) in [7, 11) is 0. The molecule has 0 atom stereocenters. The molecule has 0 aliphatic rings. The Bertz CT molecular complexity index is 1430. The quantitative estimate of drug-likeness (QED) is 0.285. The number of halogens is 1. The van der Waals surface area contributed by atoms with Crippen molar-refractivity contribution in [2.75, 3.05) is 0 Å². The van der Waals surface area contributed by atoms with E-state index in [1.807, 2.05) is 0 Å². The molecule has 0 N–H and O–H groups in total. The van der Waals surface area contributed by atoms with E-state index >= 15 is 0 Å². The lowest BCUT2D eigenvalue weighted by molar-refractivity contribution is 0.0460. The van der Waals surface area contributed by atoms with Gasteiger partial charge in [-0.05, 0) is 40.5 Å². The lowest BCUT2D eigenvalue weighted by Crippen LogP contribution is -2.26. The number of aryl methyl sites for hydroxylation is 1. The molecule has 8 nitrogen and oxygen atoms in total. The van der Waals surface area contributed by atoms with Crippen LogP contribution in [0.1, 0.15) is 42.4 Å². The average molecular weight is 497 g/mol. The molecule has 0 saturated carbocycles. The Labute approximate surface area is 191 Å². The maximum absolute atomic E-state index is 12.9. The zero-order valence-electron chi connectivity index (χ0n) is 17.5. The van der Waals surface area contributed by atoms with Gasteiger partial charge >= 0.3 is 5.97 Å². The minimum Gasteiger partial charge on any atom is -0.454 e. The molecule has 0 aliphatic heterocycles. The third kappa shape index (κ3) is 4.47. The van der Waals surface area contributed by atoms with Gasteiger partial charge < -0.3 is 4.74 Å². The van der Waals surface area contributed by atoms with Crippen LogP contribution in [-0.4, -0.2) is 25.1 Å². The summed E-state index contributed by atoms with van der Waals surface area (Å²) in [5.74, 6) is -0.678. The molecule has 3 aromatic heterocycles. The first-order chi connectivity index (χ1) is 15.5. The maximum atomic E-state index is 12.9. The first-order valence-electron chi connectivity index (χ1n) is 10.3. The molecule has 1 aromatic carbocycles. The number of hydrogen-bond donors (Lipinski definition) is 0. The van der Waals surface area contributed by atoms with Crippen LogP contribution in [-0.2, 0) is 17.9 Å². The van der Waals surface area contributed by atoms with Crippen LogP contribution < -0.4 is 11.1 Å². The molecule has 0 fully saturated rings. The molecule has 3 heterocycles. The number of rotatable bonds is 7. The summed E-state index contributed by atoms with van der Waals surface area (Å²) < 4.78 is 8.91. The molecule has 4 rings (SSSR count). The van der Waals surface area contributed by atoms with Crippen LogP contribution >= 0.6 is 15.9 Å². The van der Waals surface area contributed by atoms with Crippen molar-refractivity contribution in [3.05, 3.63) is 85.2 Å². The summed E-state index contributed by atoms with van der Waals surface area (Å²) >= 11 is 3.32. The van der Waals surface area contributed by atoms with Gasteiger partial charge in [0.25, 0.3) is 11.1 Å². The Morgan fingerprint density at radius 2 is 1.88 bits per heavy atom. The van der Waals surface area contributed by atoms with Crippen molar-refractivity contribution < 1.29 is 9.53 Å². The van der Waals surface area contributed by atoms with Crippen molar-refractivity contribution in [1.82, 2.24) is 19.2 Å². The Morgan fingerprint density at radius 1 is 1.09 bits per heavy atom. The van der Waals surface area contributed by atoms with Crippen LogP contribution in [0.2, 0.25) is 0 Å². The first-order valence-corrected chi connectivity index (χ1v) is 11.1. The number of carbonyl (C=O) groups excluding carboxylic acids is 1. The highest BCUT2D eigenvalue weighted by Gasteiger charge is 2.18. The fraction of sp³-hybridized carbons (Fsp3) is 0.261. The van der Waals surface area contributed by atoms with E-state index in [0.29, 0.717) is 28.7 Å².